The Morgan fingerprint density at radius 3 is 2.07 bits per heavy atom. The smallest absolute Gasteiger partial charge is 0.243 e. The van der Waals surface area contributed by atoms with Crippen molar-refractivity contribution in [1.29, 1.82) is 0 Å². The summed E-state index contributed by atoms with van der Waals surface area (Å²) < 4.78 is 40.2. The van der Waals surface area contributed by atoms with Crippen LogP contribution in [0.25, 0.3) is 0 Å². The number of halogens is 1. The third kappa shape index (κ3) is 4.06. The predicted octanol–water partition coefficient (Wildman–Crippen LogP) is 1.38. The first-order chi connectivity index (χ1) is 13.5. The molecule has 0 aromatic heterocycles. The molecule has 7 heteroatoms. The van der Waals surface area contributed by atoms with Crippen molar-refractivity contribution in [3.63, 3.8) is 0 Å². The molecule has 2 heterocycles. The minimum absolute atomic E-state index is 0.177. The zero-order chi connectivity index (χ0) is 19.6. The Kier molecular flexibility index (Phi) is 5.66. The van der Waals surface area contributed by atoms with Gasteiger partial charge in [0.1, 0.15) is 5.82 Å². The summed E-state index contributed by atoms with van der Waals surface area (Å²) in [7, 11) is -3.53. The Morgan fingerprint density at radius 2 is 1.46 bits per heavy atom. The zero-order valence-corrected chi connectivity index (χ0v) is 16.7. The van der Waals surface area contributed by atoms with Crippen LogP contribution in [0.2, 0.25) is 0 Å². The summed E-state index contributed by atoms with van der Waals surface area (Å²) in [6, 6.07) is 16.1. The van der Waals surface area contributed by atoms with Gasteiger partial charge in [0.2, 0.25) is 10.0 Å². The van der Waals surface area contributed by atoms with E-state index >= 15 is 0 Å². The molecule has 0 spiro atoms. The highest BCUT2D eigenvalue weighted by atomic mass is 32.2. The standard InChI is InChI=1S/C21H26FN3O2S/c22-18-6-8-21(9-7-18)28(26,27)25-12-10-20(11-13-25)24-16-14-23(15-17-24)19-4-2-1-3-5-19/h1-9,20H,10-17H2/p+1. The summed E-state index contributed by atoms with van der Waals surface area (Å²) in [5, 5.41) is 0. The third-order valence-corrected chi connectivity index (χ3v) is 7.92. The van der Waals surface area contributed by atoms with Crippen molar-refractivity contribution < 1.29 is 17.7 Å². The van der Waals surface area contributed by atoms with Crippen LogP contribution in [0.5, 0.6) is 0 Å². The number of hydrogen-bond acceptors (Lipinski definition) is 3. The van der Waals surface area contributed by atoms with Crippen molar-refractivity contribution in [3.05, 3.63) is 60.4 Å². The Hall–Kier alpha value is -1.96. The first-order valence-corrected chi connectivity index (χ1v) is 11.4. The molecule has 2 aliphatic rings. The molecule has 28 heavy (non-hydrogen) atoms. The van der Waals surface area contributed by atoms with Crippen LogP contribution in [0.4, 0.5) is 10.1 Å². The van der Waals surface area contributed by atoms with Crippen molar-refractivity contribution >= 4 is 15.7 Å². The lowest BCUT2D eigenvalue weighted by atomic mass is 10.0. The van der Waals surface area contributed by atoms with E-state index in [0.29, 0.717) is 19.1 Å². The van der Waals surface area contributed by atoms with Crippen molar-refractivity contribution in [3.8, 4) is 0 Å². The largest absolute Gasteiger partial charge is 0.360 e. The Balaban J connectivity index is 1.32. The van der Waals surface area contributed by atoms with Gasteiger partial charge in [0.15, 0.2) is 0 Å². The van der Waals surface area contributed by atoms with Gasteiger partial charge in [-0.3, -0.25) is 0 Å². The Morgan fingerprint density at radius 1 is 0.857 bits per heavy atom. The van der Waals surface area contributed by atoms with Gasteiger partial charge < -0.3 is 9.80 Å². The molecule has 2 aromatic rings. The van der Waals surface area contributed by atoms with E-state index in [0.717, 1.165) is 39.0 Å². The third-order valence-electron chi connectivity index (χ3n) is 6.01. The lowest BCUT2D eigenvalue weighted by molar-refractivity contribution is -0.927. The second kappa shape index (κ2) is 8.19. The van der Waals surface area contributed by atoms with Gasteiger partial charge in [-0.25, -0.2) is 12.8 Å². The number of sulfonamides is 1. The molecule has 0 atom stereocenters. The second-order valence-electron chi connectivity index (χ2n) is 7.61. The van der Waals surface area contributed by atoms with Gasteiger partial charge in [0, 0.05) is 31.6 Å². The summed E-state index contributed by atoms with van der Waals surface area (Å²) >= 11 is 0. The Labute approximate surface area is 166 Å². The number of nitrogens with one attached hydrogen (secondary N) is 1. The molecule has 1 N–H and O–H groups in total. The van der Waals surface area contributed by atoms with Crippen molar-refractivity contribution in [2.75, 3.05) is 44.2 Å². The fraction of sp³-hybridized carbons (Fsp3) is 0.429. The summed E-state index contributed by atoms with van der Waals surface area (Å²) in [6.45, 7) is 5.32. The van der Waals surface area contributed by atoms with E-state index in [1.807, 2.05) is 6.07 Å². The summed E-state index contributed by atoms with van der Waals surface area (Å²) in [5.41, 5.74) is 1.28. The van der Waals surface area contributed by atoms with Crippen LogP contribution in [-0.4, -0.2) is 58.0 Å². The zero-order valence-electron chi connectivity index (χ0n) is 15.9. The van der Waals surface area contributed by atoms with E-state index in [4.69, 9.17) is 0 Å². The number of quaternary nitrogens is 1. The summed E-state index contributed by atoms with van der Waals surface area (Å²) in [4.78, 5) is 4.19. The van der Waals surface area contributed by atoms with Gasteiger partial charge in [0.05, 0.1) is 37.1 Å². The van der Waals surface area contributed by atoms with Gasteiger partial charge >= 0.3 is 0 Å². The molecule has 0 bridgehead atoms. The fourth-order valence-corrected chi connectivity index (χ4v) is 5.83. The minimum Gasteiger partial charge on any atom is -0.360 e. The van der Waals surface area contributed by atoms with Gasteiger partial charge in [-0.05, 0) is 36.4 Å². The molecule has 4 rings (SSSR count). The number of piperazine rings is 1. The molecule has 2 aromatic carbocycles. The van der Waals surface area contributed by atoms with E-state index in [2.05, 4.69) is 29.2 Å². The predicted molar refractivity (Wildman–Crippen MR) is 108 cm³/mol. The molecule has 5 nitrogen and oxygen atoms in total. The Bertz CT molecular complexity index is 874. The number of benzene rings is 2. The fourth-order valence-electron chi connectivity index (χ4n) is 4.36. The van der Waals surface area contributed by atoms with Crippen molar-refractivity contribution in [1.82, 2.24) is 4.31 Å². The molecule has 0 saturated carbocycles. The normalized spacial score (nSPS) is 20.4. The van der Waals surface area contributed by atoms with E-state index in [1.165, 1.54) is 30.0 Å². The molecule has 0 unspecified atom stereocenters. The van der Waals surface area contributed by atoms with E-state index in [9.17, 15) is 12.8 Å². The van der Waals surface area contributed by atoms with E-state index < -0.39 is 15.8 Å². The van der Waals surface area contributed by atoms with Gasteiger partial charge in [-0.2, -0.15) is 4.31 Å². The number of piperidine rings is 1. The molecule has 150 valence electrons. The first kappa shape index (κ1) is 19.4. The molecule has 2 saturated heterocycles. The van der Waals surface area contributed by atoms with Crippen molar-refractivity contribution in [2.24, 2.45) is 0 Å². The number of anilines is 1. The van der Waals surface area contributed by atoms with Crippen molar-refractivity contribution in [2.45, 2.75) is 23.8 Å². The maximum absolute atomic E-state index is 13.1. The van der Waals surface area contributed by atoms with Gasteiger partial charge in [0.25, 0.3) is 0 Å². The maximum Gasteiger partial charge on any atom is 0.243 e. The average Bonchev–Trinajstić information content (AvgIpc) is 2.75. The molecular weight excluding hydrogens is 377 g/mol. The highest BCUT2D eigenvalue weighted by Gasteiger charge is 2.35. The minimum atomic E-state index is -3.53. The molecular formula is C21H27FN3O2S+. The molecule has 0 amide bonds. The van der Waals surface area contributed by atoms with Crippen LogP contribution in [0.1, 0.15) is 12.8 Å². The highest BCUT2D eigenvalue weighted by Crippen LogP contribution is 2.21. The lowest BCUT2D eigenvalue weighted by Gasteiger charge is -2.40. The molecule has 0 radical (unpaired) electrons. The lowest BCUT2D eigenvalue weighted by Crippen LogP contribution is -3.18. The number of hydrogen-bond donors (Lipinski definition) is 1. The summed E-state index contributed by atoms with van der Waals surface area (Å²) in [6.07, 6.45) is 1.75. The number of para-hydroxylation sites is 1. The van der Waals surface area contributed by atoms with Gasteiger partial charge in [-0.15, -0.1) is 0 Å². The maximum atomic E-state index is 13.1. The number of nitrogens with zero attached hydrogens (tertiary/aromatic N) is 2. The van der Waals surface area contributed by atoms with Gasteiger partial charge in [-0.1, -0.05) is 18.2 Å². The van der Waals surface area contributed by atoms with Crippen LogP contribution >= 0.6 is 0 Å². The molecule has 0 aliphatic carbocycles. The van der Waals surface area contributed by atoms with E-state index in [-0.39, 0.29) is 4.90 Å². The summed E-state index contributed by atoms with van der Waals surface area (Å²) in [5.74, 6) is -0.420. The molecule has 2 fully saturated rings. The highest BCUT2D eigenvalue weighted by molar-refractivity contribution is 7.89. The second-order valence-corrected chi connectivity index (χ2v) is 9.55. The first-order valence-electron chi connectivity index (χ1n) is 9.94. The van der Waals surface area contributed by atoms with Crippen LogP contribution < -0.4 is 9.80 Å². The molecule has 2 aliphatic heterocycles. The number of rotatable bonds is 4. The topological polar surface area (TPSA) is 45.1 Å². The van der Waals surface area contributed by atoms with Crippen LogP contribution in [-0.2, 0) is 10.0 Å². The van der Waals surface area contributed by atoms with Crippen LogP contribution in [0.15, 0.2) is 59.5 Å². The van der Waals surface area contributed by atoms with Crippen LogP contribution in [0, 0.1) is 5.82 Å². The SMILES string of the molecule is O=S(=O)(c1ccc(F)cc1)N1CCC([NH+]2CCN(c3ccccc3)CC2)CC1. The monoisotopic (exact) mass is 404 g/mol. The van der Waals surface area contributed by atoms with Crippen LogP contribution in [0.3, 0.4) is 0 Å². The quantitative estimate of drug-likeness (QED) is 0.838. The average molecular weight is 405 g/mol. The van der Waals surface area contributed by atoms with E-state index in [1.54, 1.807) is 9.21 Å².